The van der Waals surface area contributed by atoms with E-state index in [-0.39, 0.29) is 23.3 Å². The van der Waals surface area contributed by atoms with E-state index in [1.165, 1.54) is 20.0 Å². The van der Waals surface area contributed by atoms with E-state index >= 15 is 0 Å². The molecule has 0 saturated carbocycles. The predicted octanol–water partition coefficient (Wildman–Crippen LogP) is 1.55. The first-order valence-corrected chi connectivity index (χ1v) is 6.46. The van der Waals surface area contributed by atoms with E-state index in [1.807, 2.05) is 12.1 Å². The van der Waals surface area contributed by atoms with Crippen LogP contribution in [0.3, 0.4) is 0 Å². The summed E-state index contributed by atoms with van der Waals surface area (Å²) >= 11 is 0. The van der Waals surface area contributed by atoms with E-state index in [0.717, 1.165) is 5.56 Å². The molecular formula is C15H16N4O2. The average Bonchev–Trinajstić information content (AvgIpc) is 2.48. The Balaban J connectivity index is 2.20. The van der Waals surface area contributed by atoms with Crippen molar-refractivity contribution in [1.82, 2.24) is 15.4 Å². The lowest BCUT2D eigenvalue weighted by Gasteiger charge is -2.29. The third-order valence-electron chi connectivity index (χ3n) is 2.94. The Labute approximate surface area is 122 Å². The van der Waals surface area contributed by atoms with Crippen molar-refractivity contribution in [2.24, 2.45) is 4.99 Å². The topological polar surface area (TPSA) is 74.7 Å². The van der Waals surface area contributed by atoms with Gasteiger partial charge in [0, 0.05) is 36.6 Å². The predicted molar refractivity (Wildman–Crippen MR) is 79.0 cm³/mol. The van der Waals surface area contributed by atoms with Gasteiger partial charge in [-0.2, -0.15) is 0 Å². The van der Waals surface area contributed by atoms with E-state index in [2.05, 4.69) is 15.4 Å². The highest BCUT2D eigenvalue weighted by Gasteiger charge is 2.18. The molecule has 0 aromatic carbocycles. The molecule has 0 radical (unpaired) electrons. The number of nitrogens with zero attached hydrogens (tertiary/aromatic N) is 3. The van der Waals surface area contributed by atoms with Gasteiger partial charge in [0.15, 0.2) is 17.7 Å². The average molecular weight is 284 g/mol. The minimum absolute atomic E-state index is 0.117. The van der Waals surface area contributed by atoms with Crippen LogP contribution in [0.2, 0.25) is 0 Å². The molecule has 2 rings (SSSR count). The molecule has 1 atom stereocenters. The van der Waals surface area contributed by atoms with Crippen LogP contribution in [-0.2, 0) is 9.59 Å². The number of allylic oxidation sites excluding steroid dienone is 2. The molecule has 1 aliphatic heterocycles. The number of Topliss-reactive ketones (excluding diaryl/α,β-unsaturated/α-hetero) is 2. The number of hydrogen-bond acceptors (Lipinski definition) is 6. The van der Waals surface area contributed by atoms with Gasteiger partial charge in [0.1, 0.15) is 0 Å². The van der Waals surface area contributed by atoms with Gasteiger partial charge in [-0.05, 0) is 32.1 Å². The maximum Gasteiger partial charge on any atom is 0.164 e. The molecule has 1 aromatic rings. The van der Waals surface area contributed by atoms with Crippen molar-refractivity contribution in [3.05, 3.63) is 54.1 Å². The Kier molecular flexibility index (Phi) is 4.61. The molecule has 6 heteroatoms. The first-order valence-electron chi connectivity index (χ1n) is 6.46. The normalized spacial score (nSPS) is 16.5. The Morgan fingerprint density at radius 3 is 2.52 bits per heavy atom. The molecule has 0 aliphatic carbocycles. The number of aromatic nitrogens is 1. The number of aliphatic imine (C=N–C) groups is 1. The Bertz CT molecular complexity index is 604. The van der Waals surface area contributed by atoms with Gasteiger partial charge < -0.3 is 5.43 Å². The highest BCUT2D eigenvalue weighted by atomic mass is 16.1. The monoisotopic (exact) mass is 284 g/mol. The highest BCUT2D eigenvalue weighted by molar-refractivity contribution is 6.18. The Morgan fingerprint density at radius 2 is 1.90 bits per heavy atom. The van der Waals surface area contributed by atoms with Crippen LogP contribution >= 0.6 is 0 Å². The second-order valence-corrected chi connectivity index (χ2v) is 4.50. The molecule has 1 N–H and O–H groups in total. The first kappa shape index (κ1) is 14.6. The van der Waals surface area contributed by atoms with Crippen LogP contribution in [0, 0.1) is 0 Å². The number of carbonyl (C=O) groups excluding carboxylic acids is 2. The van der Waals surface area contributed by atoms with Crippen LogP contribution in [-0.4, -0.2) is 27.8 Å². The van der Waals surface area contributed by atoms with Crippen molar-refractivity contribution in [1.29, 1.82) is 0 Å². The molecule has 0 spiro atoms. The van der Waals surface area contributed by atoms with Gasteiger partial charge in [0.05, 0.1) is 5.57 Å². The van der Waals surface area contributed by atoms with Crippen LogP contribution in [0.5, 0.6) is 0 Å². The molecule has 0 bridgehead atoms. The van der Waals surface area contributed by atoms with E-state index in [1.54, 1.807) is 35.9 Å². The second-order valence-electron chi connectivity index (χ2n) is 4.50. The van der Waals surface area contributed by atoms with Crippen molar-refractivity contribution in [3.8, 4) is 0 Å². The molecule has 1 unspecified atom stereocenters. The van der Waals surface area contributed by atoms with Crippen LogP contribution < -0.4 is 5.43 Å². The van der Waals surface area contributed by atoms with Gasteiger partial charge in [-0.25, -0.2) is 0 Å². The van der Waals surface area contributed by atoms with Crippen molar-refractivity contribution in [2.75, 3.05) is 0 Å². The quantitative estimate of drug-likeness (QED) is 0.504. The summed E-state index contributed by atoms with van der Waals surface area (Å²) in [6.45, 7) is 2.72. The fourth-order valence-corrected chi connectivity index (χ4v) is 1.90. The summed E-state index contributed by atoms with van der Waals surface area (Å²) in [5.41, 5.74) is 4.00. The Hall–Kier alpha value is -2.76. The minimum atomic E-state index is -0.283. The van der Waals surface area contributed by atoms with Crippen LogP contribution in [0.25, 0.3) is 0 Å². The van der Waals surface area contributed by atoms with Crippen LogP contribution in [0.4, 0.5) is 0 Å². The summed E-state index contributed by atoms with van der Waals surface area (Å²) in [6.07, 6.45) is 9.75. The van der Waals surface area contributed by atoms with Crippen LogP contribution in [0.15, 0.2) is 53.6 Å². The first-order chi connectivity index (χ1) is 10.1. The SMILES string of the molecule is CC(=O)C(=CNN1C=CC=NC1c1ccncc1)C(C)=O. The number of hydrogen-bond donors (Lipinski definition) is 1. The third kappa shape index (κ3) is 3.62. The fourth-order valence-electron chi connectivity index (χ4n) is 1.90. The lowest BCUT2D eigenvalue weighted by molar-refractivity contribution is -0.119. The minimum Gasteiger partial charge on any atom is -0.303 e. The van der Waals surface area contributed by atoms with Gasteiger partial charge in [-0.1, -0.05) is 0 Å². The third-order valence-corrected chi connectivity index (χ3v) is 2.94. The summed E-state index contributed by atoms with van der Waals surface area (Å²) in [7, 11) is 0. The largest absolute Gasteiger partial charge is 0.303 e. The van der Waals surface area contributed by atoms with Gasteiger partial charge in [0.2, 0.25) is 0 Å². The van der Waals surface area contributed by atoms with Gasteiger partial charge >= 0.3 is 0 Å². The molecular weight excluding hydrogens is 268 g/mol. The lowest BCUT2D eigenvalue weighted by Crippen LogP contribution is -2.34. The molecule has 21 heavy (non-hydrogen) atoms. The molecule has 2 heterocycles. The maximum absolute atomic E-state index is 11.4. The molecule has 0 saturated heterocycles. The van der Waals surface area contributed by atoms with Crippen molar-refractivity contribution < 1.29 is 9.59 Å². The standard InChI is InChI=1S/C15H16N4O2/c1-11(20)14(12(2)21)10-18-19-9-3-6-17-15(19)13-4-7-16-8-5-13/h3-10,15,18H,1-2H3. The summed E-state index contributed by atoms with van der Waals surface area (Å²) < 4.78 is 0. The van der Waals surface area contributed by atoms with E-state index in [4.69, 9.17) is 0 Å². The molecule has 0 fully saturated rings. The second kappa shape index (κ2) is 6.60. The summed E-state index contributed by atoms with van der Waals surface area (Å²) in [5.74, 6) is -0.556. The fraction of sp³-hybridized carbons (Fsp3) is 0.200. The summed E-state index contributed by atoms with van der Waals surface area (Å²) in [4.78, 5) is 31.2. The lowest BCUT2D eigenvalue weighted by atomic mass is 10.1. The number of pyridine rings is 1. The zero-order valence-corrected chi connectivity index (χ0v) is 11.9. The zero-order valence-electron chi connectivity index (χ0n) is 11.9. The number of rotatable bonds is 5. The van der Waals surface area contributed by atoms with Gasteiger partial charge in [0.25, 0.3) is 0 Å². The molecule has 1 aromatic heterocycles. The smallest absolute Gasteiger partial charge is 0.164 e. The molecule has 108 valence electrons. The molecule has 0 amide bonds. The van der Waals surface area contributed by atoms with Crippen molar-refractivity contribution in [3.63, 3.8) is 0 Å². The number of hydrazine groups is 1. The zero-order chi connectivity index (χ0) is 15.2. The number of nitrogens with one attached hydrogen (secondary N) is 1. The highest BCUT2D eigenvalue weighted by Crippen LogP contribution is 2.22. The Morgan fingerprint density at radius 1 is 1.24 bits per heavy atom. The van der Waals surface area contributed by atoms with E-state index < -0.39 is 0 Å². The number of ketones is 2. The van der Waals surface area contributed by atoms with E-state index in [0.29, 0.717) is 0 Å². The van der Waals surface area contributed by atoms with E-state index in [9.17, 15) is 9.59 Å². The van der Waals surface area contributed by atoms with Crippen LogP contribution in [0.1, 0.15) is 25.6 Å². The van der Waals surface area contributed by atoms with Gasteiger partial charge in [-0.3, -0.25) is 24.6 Å². The van der Waals surface area contributed by atoms with Gasteiger partial charge in [-0.15, -0.1) is 0 Å². The maximum atomic E-state index is 11.4. The number of carbonyl (C=O) groups is 2. The summed E-state index contributed by atoms with van der Waals surface area (Å²) in [6, 6.07) is 3.72. The summed E-state index contributed by atoms with van der Waals surface area (Å²) in [5, 5.41) is 1.71. The van der Waals surface area contributed by atoms with Crippen molar-refractivity contribution in [2.45, 2.75) is 20.0 Å². The van der Waals surface area contributed by atoms with Crippen molar-refractivity contribution >= 4 is 17.8 Å². The molecule has 1 aliphatic rings. The molecule has 6 nitrogen and oxygen atoms in total.